The largest absolute Gasteiger partial charge is 0.390 e. The molecule has 2 rings (SSSR count). The number of aliphatic hydroxyl groups excluding tert-OH is 1. The Labute approximate surface area is 102 Å². The fourth-order valence-electron chi connectivity index (χ4n) is 2.21. The summed E-state index contributed by atoms with van der Waals surface area (Å²) in [5, 5.41) is 16.6. The first-order valence-electron chi connectivity index (χ1n) is 6.02. The third-order valence-electron chi connectivity index (χ3n) is 3.12. The van der Waals surface area contributed by atoms with Gasteiger partial charge in [-0.15, -0.1) is 0 Å². The number of benzene rings is 1. The standard InChI is InChI=1S/C13H20N2O2/c1-17-7-6-14-9-12(16)13-11-5-3-2-4-10(11)8-15-13/h2-5,12-16H,6-9H2,1H3. The van der Waals surface area contributed by atoms with Gasteiger partial charge in [0.05, 0.1) is 18.8 Å². The van der Waals surface area contributed by atoms with E-state index in [4.69, 9.17) is 4.74 Å². The van der Waals surface area contributed by atoms with Gasteiger partial charge in [-0.05, 0) is 11.1 Å². The van der Waals surface area contributed by atoms with Crippen LogP contribution in [-0.4, -0.2) is 38.0 Å². The second kappa shape index (κ2) is 6.12. The van der Waals surface area contributed by atoms with Crippen molar-refractivity contribution in [3.05, 3.63) is 35.4 Å². The number of rotatable bonds is 6. The highest BCUT2D eigenvalue weighted by molar-refractivity contribution is 5.34. The normalized spacial score (nSPS) is 20.2. The molecule has 0 spiro atoms. The minimum atomic E-state index is -0.407. The lowest BCUT2D eigenvalue weighted by Gasteiger charge is -2.20. The number of aliphatic hydroxyl groups is 1. The van der Waals surface area contributed by atoms with Crippen LogP contribution >= 0.6 is 0 Å². The molecule has 0 bridgehead atoms. The van der Waals surface area contributed by atoms with Gasteiger partial charge in [0.15, 0.2) is 0 Å². The molecular weight excluding hydrogens is 216 g/mol. The topological polar surface area (TPSA) is 53.5 Å². The van der Waals surface area contributed by atoms with Gasteiger partial charge < -0.3 is 20.5 Å². The lowest BCUT2D eigenvalue weighted by molar-refractivity contribution is 0.125. The highest BCUT2D eigenvalue weighted by Gasteiger charge is 2.27. The van der Waals surface area contributed by atoms with Crippen LogP contribution in [0, 0.1) is 0 Å². The van der Waals surface area contributed by atoms with Gasteiger partial charge in [0.25, 0.3) is 0 Å². The summed E-state index contributed by atoms with van der Waals surface area (Å²) in [6.07, 6.45) is -0.407. The van der Waals surface area contributed by atoms with Crippen LogP contribution in [0.5, 0.6) is 0 Å². The Bertz CT molecular complexity index is 357. The maximum atomic E-state index is 10.1. The maximum Gasteiger partial charge on any atom is 0.0859 e. The molecule has 4 nitrogen and oxygen atoms in total. The highest BCUT2D eigenvalue weighted by atomic mass is 16.5. The van der Waals surface area contributed by atoms with E-state index in [2.05, 4.69) is 22.8 Å². The fraction of sp³-hybridized carbons (Fsp3) is 0.538. The highest BCUT2D eigenvalue weighted by Crippen LogP contribution is 2.27. The molecule has 3 N–H and O–H groups in total. The van der Waals surface area contributed by atoms with E-state index >= 15 is 0 Å². The van der Waals surface area contributed by atoms with Crippen molar-refractivity contribution in [2.45, 2.75) is 18.7 Å². The van der Waals surface area contributed by atoms with Crippen LogP contribution in [0.4, 0.5) is 0 Å². The second-order valence-electron chi connectivity index (χ2n) is 4.32. The SMILES string of the molecule is COCCNCC(O)C1NCc2ccccc21. The Kier molecular flexibility index (Phi) is 4.50. The molecule has 1 aromatic rings. The first kappa shape index (κ1) is 12.5. The van der Waals surface area contributed by atoms with E-state index in [0.29, 0.717) is 13.2 Å². The summed E-state index contributed by atoms with van der Waals surface area (Å²) in [6.45, 7) is 2.86. The number of hydrogen-bond donors (Lipinski definition) is 3. The van der Waals surface area contributed by atoms with Crippen molar-refractivity contribution in [2.75, 3.05) is 26.8 Å². The minimum absolute atomic E-state index is 0.0428. The van der Waals surface area contributed by atoms with Crippen LogP contribution in [-0.2, 0) is 11.3 Å². The number of nitrogens with one attached hydrogen (secondary N) is 2. The second-order valence-corrected chi connectivity index (χ2v) is 4.32. The molecule has 0 amide bonds. The Morgan fingerprint density at radius 3 is 3.18 bits per heavy atom. The third kappa shape index (κ3) is 3.04. The molecule has 2 atom stereocenters. The van der Waals surface area contributed by atoms with Crippen LogP contribution in [0.3, 0.4) is 0 Å². The number of fused-ring (bicyclic) bond motifs is 1. The molecule has 1 heterocycles. The van der Waals surface area contributed by atoms with E-state index in [0.717, 1.165) is 13.1 Å². The van der Waals surface area contributed by atoms with Crippen LogP contribution in [0.1, 0.15) is 17.2 Å². The molecule has 0 saturated heterocycles. The van der Waals surface area contributed by atoms with Gasteiger partial charge in [-0.2, -0.15) is 0 Å². The average molecular weight is 236 g/mol. The van der Waals surface area contributed by atoms with Gasteiger partial charge in [-0.3, -0.25) is 0 Å². The van der Waals surface area contributed by atoms with Gasteiger partial charge in [-0.25, -0.2) is 0 Å². The average Bonchev–Trinajstić information content (AvgIpc) is 2.78. The lowest BCUT2D eigenvalue weighted by Crippen LogP contribution is -2.36. The molecular formula is C13H20N2O2. The van der Waals surface area contributed by atoms with Crippen LogP contribution in [0.15, 0.2) is 24.3 Å². The van der Waals surface area contributed by atoms with Crippen molar-refractivity contribution in [3.8, 4) is 0 Å². The molecule has 0 fully saturated rings. The van der Waals surface area contributed by atoms with E-state index in [9.17, 15) is 5.11 Å². The van der Waals surface area contributed by atoms with Gasteiger partial charge in [0.2, 0.25) is 0 Å². The quantitative estimate of drug-likeness (QED) is 0.627. The summed E-state index contributed by atoms with van der Waals surface area (Å²) in [5.74, 6) is 0. The Morgan fingerprint density at radius 1 is 1.53 bits per heavy atom. The van der Waals surface area contributed by atoms with Gasteiger partial charge in [-0.1, -0.05) is 24.3 Å². The monoisotopic (exact) mass is 236 g/mol. The van der Waals surface area contributed by atoms with Crippen molar-refractivity contribution >= 4 is 0 Å². The first-order valence-corrected chi connectivity index (χ1v) is 6.02. The van der Waals surface area contributed by atoms with Crippen molar-refractivity contribution in [2.24, 2.45) is 0 Å². The first-order chi connectivity index (χ1) is 8.33. The molecule has 0 aromatic heterocycles. The molecule has 4 heteroatoms. The molecule has 94 valence electrons. The molecule has 1 aliphatic rings. The predicted molar refractivity (Wildman–Crippen MR) is 66.8 cm³/mol. The summed E-state index contributed by atoms with van der Waals surface area (Å²) >= 11 is 0. The molecule has 2 unspecified atom stereocenters. The number of methoxy groups -OCH3 is 1. The van der Waals surface area contributed by atoms with E-state index in [-0.39, 0.29) is 6.04 Å². The zero-order valence-electron chi connectivity index (χ0n) is 10.1. The zero-order chi connectivity index (χ0) is 12.1. The molecule has 17 heavy (non-hydrogen) atoms. The van der Waals surface area contributed by atoms with Crippen LogP contribution in [0.2, 0.25) is 0 Å². The van der Waals surface area contributed by atoms with Gasteiger partial charge in [0, 0.05) is 26.7 Å². The zero-order valence-corrected chi connectivity index (χ0v) is 10.1. The van der Waals surface area contributed by atoms with Crippen molar-refractivity contribution < 1.29 is 9.84 Å². The summed E-state index contributed by atoms with van der Waals surface area (Å²) in [5.41, 5.74) is 2.50. The fourth-order valence-corrected chi connectivity index (χ4v) is 2.21. The van der Waals surface area contributed by atoms with E-state index < -0.39 is 6.10 Å². The number of hydrogen-bond acceptors (Lipinski definition) is 4. The van der Waals surface area contributed by atoms with Crippen molar-refractivity contribution in [1.82, 2.24) is 10.6 Å². The minimum Gasteiger partial charge on any atom is -0.390 e. The van der Waals surface area contributed by atoms with Crippen LogP contribution in [0.25, 0.3) is 0 Å². The van der Waals surface area contributed by atoms with Gasteiger partial charge >= 0.3 is 0 Å². The third-order valence-corrected chi connectivity index (χ3v) is 3.12. The summed E-state index contributed by atoms with van der Waals surface area (Å²) < 4.78 is 4.95. The van der Waals surface area contributed by atoms with Crippen LogP contribution < -0.4 is 10.6 Å². The number of ether oxygens (including phenoxy) is 1. The van der Waals surface area contributed by atoms with E-state index in [1.807, 2.05) is 12.1 Å². The lowest BCUT2D eigenvalue weighted by atomic mass is 10.0. The summed E-state index contributed by atoms with van der Waals surface area (Å²) in [6, 6.07) is 8.28. The molecule has 0 aliphatic carbocycles. The van der Waals surface area contributed by atoms with Crippen molar-refractivity contribution in [1.29, 1.82) is 0 Å². The molecule has 1 aliphatic heterocycles. The van der Waals surface area contributed by atoms with E-state index in [1.54, 1.807) is 7.11 Å². The molecule has 0 saturated carbocycles. The Hall–Kier alpha value is -0.940. The van der Waals surface area contributed by atoms with Gasteiger partial charge in [0.1, 0.15) is 0 Å². The Balaban J connectivity index is 1.87. The predicted octanol–water partition coefficient (Wildman–Crippen LogP) is 0.428. The molecule has 1 aromatic carbocycles. The molecule has 0 radical (unpaired) electrons. The maximum absolute atomic E-state index is 10.1. The van der Waals surface area contributed by atoms with E-state index in [1.165, 1.54) is 11.1 Å². The van der Waals surface area contributed by atoms with Crippen molar-refractivity contribution in [3.63, 3.8) is 0 Å². The summed E-state index contributed by atoms with van der Waals surface area (Å²) in [7, 11) is 1.67. The smallest absolute Gasteiger partial charge is 0.0859 e. The summed E-state index contributed by atoms with van der Waals surface area (Å²) in [4.78, 5) is 0. The Morgan fingerprint density at radius 2 is 2.35 bits per heavy atom.